The molecule has 1 amide bonds. The number of aryl methyl sites for hydroxylation is 1. The lowest BCUT2D eigenvalue weighted by molar-refractivity contribution is -0.116. The number of aromatic nitrogens is 3. The molecular formula is C23H25N5O. The van der Waals surface area contributed by atoms with Crippen molar-refractivity contribution in [2.75, 3.05) is 10.6 Å². The first kappa shape index (κ1) is 18.9. The topological polar surface area (TPSA) is 71.8 Å². The minimum absolute atomic E-state index is 0.0777. The Hall–Kier alpha value is -3.41. The number of anilines is 2. The molecule has 29 heavy (non-hydrogen) atoms. The van der Waals surface area contributed by atoms with Gasteiger partial charge in [-0.25, -0.2) is 4.68 Å². The van der Waals surface area contributed by atoms with Gasteiger partial charge < -0.3 is 5.32 Å². The first-order chi connectivity index (χ1) is 14.0. The zero-order valence-corrected chi connectivity index (χ0v) is 16.9. The van der Waals surface area contributed by atoms with Crippen molar-refractivity contribution < 1.29 is 4.79 Å². The lowest BCUT2D eigenvalue weighted by Crippen LogP contribution is -2.20. The number of carbonyl (C=O) groups is 1. The Morgan fingerprint density at radius 1 is 1.14 bits per heavy atom. The van der Waals surface area contributed by atoms with Crippen LogP contribution in [0, 0.1) is 12.8 Å². The molecule has 0 aliphatic carbocycles. The van der Waals surface area contributed by atoms with Crippen molar-refractivity contribution in [2.24, 2.45) is 5.92 Å². The average molecular weight is 387 g/mol. The summed E-state index contributed by atoms with van der Waals surface area (Å²) in [6.07, 6.45) is 2.58. The highest BCUT2D eigenvalue weighted by Gasteiger charge is 2.25. The maximum Gasteiger partial charge on any atom is 0.250 e. The standard InChI is InChI=1S/C23H25N5O/c1-15(2)13-21(29)25-22-26-23-24-19(17-7-5-4-6-8-17)14-20(28(23)27-22)18-11-9-16(3)10-12-18/h4-12,14-15,20H,13H2,1-3H3,(H2,24,25,26,27,29). The molecule has 1 atom stereocenters. The van der Waals surface area contributed by atoms with Crippen molar-refractivity contribution >= 4 is 23.5 Å². The van der Waals surface area contributed by atoms with E-state index in [0.29, 0.717) is 18.3 Å². The van der Waals surface area contributed by atoms with E-state index in [2.05, 4.69) is 70.1 Å². The number of allylic oxidation sites excluding steroid dienone is 1. The van der Waals surface area contributed by atoms with Crippen molar-refractivity contribution in [2.45, 2.75) is 33.2 Å². The molecule has 6 heteroatoms. The molecular weight excluding hydrogens is 362 g/mol. The molecule has 0 saturated carbocycles. The first-order valence-electron chi connectivity index (χ1n) is 9.87. The second-order valence-electron chi connectivity index (χ2n) is 7.78. The van der Waals surface area contributed by atoms with E-state index in [1.165, 1.54) is 5.56 Å². The molecule has 0 fully saturated rings. The van der Waals surface area contributed by atoms with Crippen LogP contribution in [0.1, 0.15) is 43.0 Å². The highest BCUT2D eigenvalue weighted by molar-refractivity contribution is 5.89. The van der Waals surface area contributed by atoms with Gasteiger partial charge in [0, 0.05) is 12.1 Å². The normalized spacial score (nSPS) is 15.4. The maximum absolute atomic E-state index is 12.2. The summed E-state index contributed by atoms with van der Waals surface area (Å²) in [5.74, 6) is 1.12. The van der Waals surface area contributed by atoms with Crippen molar-refractivity contribution in [1.29, 1.82) is 0 Å². The summed E-state index contributed by atoms with van der Waals surface area (Å²) in [6, 6.07) is 18.4. The van der Waals surface area contributed by atoms with E-state index < -0.39 is 0 Å². The number of fused-ring (bicyclic) bond motifs is 1. The van der Waals surface area contributed by atoms with Gasteiger partial charge in [-0.2, -0.15) is 4.98 Å². The van der Waals surface area contributed by atoms with Gasteiger partial charge in [0.2, 0.25) is 11.9 Å². The molecule has 4 rings (SSSR count). The van der Waals surface area contributed by atoms with Crippen LogP contribution in [-0.2, 0) is 4.79 Å². The molecule has 1 unspecified atom stereocenters. The predicted octanol–water partition coefficient (Wildman–Crippen LogP) is 4.63. The van der Waals surface area contributed by atoms with E-state index in [0.717, 1.165) is 16.8 Å². The number of rotatable bonds is 5. The Kier molecular flexibility index (Phi) is 5.16. The largest absolute Gasteiger partial charge is 0.324 e. The summed E-state index contributed by atoms with van der Waals surface area (Å²) in [5.41, 5.74) is 4.35. The van der Waals surface area contributed by atoms with Gasteiger partial charge in [-0.15, -0.1) is 5.10 Å². The van der Waals surface area contributed by atoms with Crippen LogP contribution in [0.25, 0.3) is 5.70 Å². The molecule has 148 valence electrons. The lowest BCUT2D eigenvalue weighted by atomic mass is 10.0. The Labute approximate surface area is 170 Å². The van der Waals surface area contributed by atoms with E-state index in [4.69, 9.17) is 0 Å². The lowest BCUT2D eigenvalue weighted by Gasteiger charge is -2.24. The van der Waals surface area contributed by atoms with Crippen LogP contribution in [0.2, 0.25) is 0 Å². The molecule has 0 saturated heterocycles. The Morgan fingerprint density at radius 3 is 2.55 bits per heavy atom. The number of nitrogens with zero attached hydrogens (tertiary/aromatic N) is 3. The fourth-order valence-corrected chi connectivity index (χ4v) is 3.38. The van der Waals surface area contributed by atoms with E-state index in [9.17, 15) is 4.79 Å². The molecule has 2 N–H and O–H groups in total. The Morgan fingerprint density at radius 2 is 1.86 bits per heavy atom. The third kappa shape index (κ3) is 4.21. The molecule has 1 aliphatic rings. The van der Waals surface area contributed by atoms with E-state index in [-0.39, 0.29) is 17.9 Å². The molecule has 2 aromatic carbocycles. The summed E-state index contributed by atoms with van der Waals surface area (Å²) in [4.78, 5) is 16.7. The zero-order chi connectivity index (χ0) is 20.4. The molecule has 0 spiro atoms. The molecule has 2 heterocycles. The maximum atomic E-state index is 12.2. The minimum Gasteiger partial charge on any atom is -0.324 e. The molecule has 1 aliphatic heterocycles. The SMILES string of the molecule is Cc1ccc(C2C=C(c3ccccc3)Nc3nc(NC(=O)CC(C)C)nn32)cc1. The van der Waals surface area contributed by atoms with Crippen LogP contribution < -0.4 is 10.6 Å². The number of hydrogen-bond acceptors (Lipinski definition) is 4. The fraction of sp³-hybridized carbons (Fsp3) is 0.261. The van der Waals surface area contributed by atoms with Gasteiger partial charge in [0.15, 0.2) is 0 Å². The quantitative estimate of drug-likeness (QED) is 0.670. The molecule has 3 aromatic rings. The smallest absolute Gasteiger partial charge is 0.250 e. The second-order valence-corrected chi connectivity index (χ2v) is 7.78. The van der Waals surface area contributed by atoms with Crippen molar-refractivity contribution in [3.05, 3.63) is 77.4 Å². The molecule has 0 radical (unpaired) electrons. The number of amides is 1. The van der Waals surface area contributed by atoms with Gasteiger partial charge in [-0.05, 0) is 30.0 Å². The van der Waals surface area contributed by atoms with Crippen molar-refractivity contribution in [1.82, 2.24) is 14.8 Å². The van der Waals surface area contributed by atoms with Gasteiger partial charge in [0.1, 0.15) is 6.04 Å². The van der Waals surface area contributed by atoms with Gasteiger partial charge in [-0.3, -0.25) is 10.1 Å². The third-order valence-electron chi connectivity index (χ3n) is 4.81. The van der Waals surface area contributed by atoms with Crippen molar-refractivity contribution in [3.8, 4) is 0 Å². The Bertz CT molecular complexity index is 1030. The van der Waals surface area contributed by atoms with Crippen LogP contribution in [0.5, 0.6) is 0 Å². The Balaban J connectivity index is 1.71. The van der Waals surface area contributed by atoms with Gasteiger partial charge in [0.05, 0.1) is 0 Å². The molecule has 6 nitrogen and oxygen atoms in total. The second kappa shape index (κ2) is 7.91. The number of benzene rings is 2. The van der Waals surface area contributed by atoms with Crippen LogP contribution in [-0.4, -0.2) is 20.7 Å². The predicted molar refractivity (Wildman–Crippen MR) is 115 cm³/mol. The highest BCUT2D eigenvalue weighted by Crippen LogP contribution is 2.33. The average Bonchev–Trinajstić information content (AvgIpc) is 3.10. The summed E-state index contributed by atoms with van der Waals surface area (Å²) in [6.45, 7) is 6.09. The van der Waals surface area contributed by atoms with E-state index in [1.807, 2.05) is 36.7 Å². The number of carbonyl (C=O) groups excluding carboxylic acids is 1. The fourth-order valence-electron chi connectivity index (χ4n) is 3.38. The van der Waals surface area contributed by atoms with Crippen LogP contribution >= 0.6 is 0 Å². The summed E-state index contributed by atoms with van der Waals surface area (Å²) in [5, 5.41) is 10.8. The number of nitrogens with one attached hydrogen (secondary N) is 2. The van der Waals surface area contributed by atoms with E-state index >= 15 is 0 Å². The van der Waals surface area contributed by atoms with Crippen molar-refractivity contribution in [3.63, 3.8) is 0 Å². The van der Waals surface area contributed by atoms with Crippen LogP contribution in [0.3, 0.4) is 0 Å². The van der Waals surface area contributed by atoms with Gasteiger partial charge in [0.25, 0.3) is 5.95 Å². The zero-order valence-electron chi connectivity index (χ0n) is 16.9. The van der Waals surface area contributed by atoms with Gasteiger partial charge in [-0.1, -0.05) is 74.0 Å². The van der Waals surface area contributed by atoms with Gasteiger partial charge >= 0.3 is 0 Å². The van der Waals surface area contributed by atoms with Crippen LogP contribution in [0.15, 0.2) is 60.7 Å². The van der Waals surface area contributed by atoms with Crippen LogP contribution in [0.4, 0.5) is 11.9 Å². The third-order valence-corrected chi connectivity index (χ3v) is 4.81. The summed E-state index contributed by atoms with van der Waals surface area (Å²) in [7, 11) is 0. The summed E-state index contributed by atoms with van der Waals surface area (Å²) >= 11 is 0. The monoisotopic (exact) mass is 387 g/mol. The minimum atomic E-state index is -0.120. The van der Waals surface area contributed by atoms with E-state index in [1.54, 1.807) is 0 Å². The highest BCUT2D eigenvalue weighted by atomic mass is 16.1. The first-order valence-corrected chi connectivity index (χ1v) is 9.87. The molecule has 1 aromatic heterocycles. The molecule has 0 bridgehead atoms. The summed E-state index contributed by atoms with van der Waals surface area (Å²) < 4.78 is 1.82. The number of hydrogen-bond donors (Lipinski definition) is 2.